The largest absolute Gasteiger partial charge is 0.382 e. The summed E-state index contributed by atoms with van der Waals surface area (Å²) >= 11 is 0. The second kappa shape index (κ2) is 5.26. The van der Waals surface area contributed by atoms with E-state index >= 15 is 0 Å². The molecule has 3 aromatic rings. The van der Waals surface area contributed by atoms with E-state index in [1.54, 1.807) is 16.8 Å². The molecule has 0 atom stereocenters. The Bertz CT molecular complexity index is 811. The van der Waals surface area contributed by atoms with Crippen LogP contribution < -0.4 is 5.73 Å². The van der Waals surface area contributed by atoms with Gasteiger partial charge in [0.2, 0.25) is 0 Å². The first-order chi connectivity index (χ1) is 10.5. The molecule has 5 heteroatoms. The topological polar surface area (TPSA) is 56.7 Å². The lowest BCUT2D eigenvalue weighted by molar-refractivity contribution is 0.628. The van der Waals surface area contributed by atoms with Crippen LogP contribution in [-0.2, 0) is 0 Å². The van der Waals surface area contributed by atoms with E-state index in [0.29, 0.717) is 11.5 Å². The predicted molar refractivity (Wildman–Crippen MR) is 85.4 cm³/mol. The van der Waals surface area contributed by atoms with Crippen molar-refractivity contribution in [3.05, 3.63) is 58.9 Å². The maximum Gasteiger partial charge on any atom is 0.155 e. The van der Waals surface area contributed by atoms with Gasteiger partial charge in [0, 0.05) is 5.56 Å². The molecule has 0 spiro atoms. The lowest BCUT2D eigenvalue weighted by Gasteiger charge is -2.12. The molecule has 4 nitrogen and oxygen atoms in total. The molecule has 0 amide bonds. The Labute approximate surface area is 128 Å². The number of nitrogen functional groups attached to an aromatic ring is 1. The highest BCUT2D eigenvalue weighted by atomic mass is 19.1. The first-order valence-electron chi connectivity index (χ1n) is 7.02. The van der Waals surface area contributed by atoms with Crippen LogP contribution in [0.2, 0.25) is 0 Å². The molecule has 2 N–H and O–H groups in total. The molecule has 22 heavy (non-hydrogen) atoms. The van der Waals surface area contributed by atoms with Gasteiger partial charge in [-0.1, -0.05) is 22.9 Å². The average molecular weight is 296 g/mol. The molecule has 1 heterocycles. The number of hydrogen-bond acceptors (Lipinski definition) is 3. The van der Waals surface area contributed by atoms with Gasteiger partial charge in [-0.25, -0.2) is 4.39 Å². The Morgan fingerprint density at radius 1 is 1.00 bits per heavy atom. The van der Waals surface area contributed by atoms with E-state index in [1.807, 2.05) is 13.8 Å². The zero-order valence-electron chi connectivity index (χ0n) is 12.8. The third-order valence-electron chi connectivity index (χ3n) is 3.67. The van der Waals surface area contributed by atoms with Gasteiger partial charge >= 0.3 is 0 Å². The number of benzene rings is 2. The number of nitrogens with two attached hydrogens (primary N) is 1. The first-order valence-corrected chi connectivity index (χ1v) is 7.02. The standard InChI is InChI=1S/C17H17FN4/c1-10-8-11(2)16(12(3)9-10)22-17(19)15(20-21-22)13-4-6-14(18)7-5-13/h4-9H,19H2,1-3H3. The summed E-state index contributed by atoms with van der Waals surface area (Å²) in [4.78, 5) is 0. The normalized spacial score (nSPS) is 10.9. The molecule has 0 bridgehead atoms. The minimum atomic E-state index is -0.292. The van der Waals surface area contributed by atoms with Gasteiger partial charge in [0.1, 0.15) is 11.5 Å². The van der Waals surface area contributed by atoms with E-state index < -0.39 is 0 Å². The minimum Gasteiger partial charge on any atom is -0.382 e. The molecule has 0 radical (unpaired) electrons. The molecule has 1 aromatic heterocycles. The van der Waals surface area contributed by atoms with Gasteiger partial charge in [-0.3, -0.25) is 0 Å². The predicted octanol–water partition coefficient (Wildman–Crippen LogP) is 3.58. The fraction of sp³-hybridized carbons (Fsp3) is 0.176. The summed E-state index contributed by atoms with van der Waals surface area (Å²) in [7, 11) is 0. The van der Waals surface area contributed by atoms with Crippen LogP contribution in [0.3, 0.4) is 0 Å². The van der Waals surface area contributed by atoms with Crippen LogP contribution in [0.15, 0.2) is 36.4 Å². The summed E-state index contributed by atoms with van der Waals surface area (Å²) in [6, 6.07) is 10.2. The number of anilines is 1. The number of halogens is 1. The summed E-state index contributed by atoms with van der Waals surface area (Å²) in [6.45, 7) is 6.10. The van der Waals surface area contributed by atoms with Gasteiger partial charge < -0.3 is 5.73 Å². The number of rotatable bonds is 2. The SMILES string of the molecule is Cc1cc(C)c(-n2nnc(-c3ccc(F)cc3)c2N)c(C)c1. The second-order valence-corrected chi connectivity index (χ2v) is 5.49. The van der Waals surface area contributed by atoms with Crippen LogP contribution in [0.4, 0.5) is 10.2 Å². The number of aryl methyl sites for hydroxylation is 3. The van der Waals surface area contributed by atoms with Crippen LogP contribution >= 0.6 is 0 Å². The zero-order chi connectivity index (χ0) is 15.9. The lowest BCUT2D eigenvalue weighted by atomic mass is 10.1. The summed E-state index contributed by atoms with van der Waals surface area (Å²) in [5.41, 5.74) is 11.8. The highest BCUT2D eigenvalue weighted by Crippen LogP contribution is 2.28. The van der Waals surface area contributed by atoms with E-state index in [9.17, 15) is 4.39 Å². The van der Waals surface area contributed by atoms with E-state index in [2.05, 4.69) is 29.4 Å². The quantitative estimate of drug-likeness (QED) is 0.786. The minimum absolute atomic E-state index is 0.292. The third-order valence-corrected chi connectivity index (χ3v) is 3.67. The van der Waals surface area contributed by atoms with Crippen molar-refractivity contribution in [2.45, 2.75) is 20.8 Å². The Kier molecular flexibility index (Phi) is 3.41. The fourth-order valence-corrected chi connectivity index (χ4v) is 2.77. The van der Waals surface area contributed by atoms with E-state index in [1.165, 1.54) is 17.7 Å². The molecule has 0 unspecified atom stereocenters. The van der Waals surface area contributed by atoms with Gasteiger partial charge in [-0.05, 0) is 56.2 Å². The van der Waals surface area contributed by atoms with Crippen molar-refractivity contribution in [2.75, 3.05) is 5.73 Å². The molecule has 2 aromatic carbocycles. The summed E-state index contributed by atoms with van der Waals surface area (Å²) in [5, 5.41) is 8.35. The molecule has 3 rings (SSSR count). The Morgan fingerprint density at radius 2 is 1.59 bits per heavy atom. The highest BCUT2D eigenvalue weighted by Gasteiger charge is 2.16. The monoisotopic (exact) mass is 296 g/mol. The molecule has 0 saturated heterocycles. The Hall–Kier alpha value is -2.69. The van der Waals surface area contributed by atoms with Crippen LogP contribution in [-0.4, -0.2) is 15.0 Å². The smallest absolute Gasteiger partial charge is 0.155 e. The van der Waals surface area contributed by atoms with E-state index in [4.69, 9.17) is 5.73 Å². The molecule has 0 aliphatic rings. The van der Waals surface area contributed by atoms with Crippen LogP contribution in [0.5, 0.6) is 0 Å². The zero-order valence-corrected chi connectivity index (χ0v) is 12.8. The van der Waals surface area contributed by atoms with Crippen molar-refractivity contribution < 1.29 is 4.39 Å². The van der Waals surface area contributed by atoms with Gasteiger partial charge in [0.25, 0.3) is 0 Å². The van der Waals surface area contributed by atoms with Crippen LogP contribution in [0.25, 0.3) is 16.9 Å². The average Bonchev–Trinajstić information content (AvgIpc) is 2.81. The van der Waals surface area contributed by atoms with Crippen molar-refractivity contribution >= 4 is 5.82 Å². The van der Waals surface area contributed by atoms with Crippen molar-refractivity contribution in [1.82, 2.24) is 15.0 Å². The van der Waals surface area contributed by atoms with Crippen molar-refractivity contribution in [3.63, 3.8) is 0 Å². The van der Waals surface area contributed by atoms with Gasteiger partial charge in [-0.2, -0.15) is 4.68 Å². The molecule has 0 fully saturated rings. The van der Waals surface area contributed by atoms with Gasteiger partial charge in [0.05, 0.1) is 5.69 Å². The highest BCUT2D eigenvalue weighted by molar-refractivity contribution is 5.71. The molecule has 0 saturated carbocycles. The second-order valence-electron chi connectivity index (χ2n) is 5.49. The number of hydrogen-bond donors (Lipinski definition) is 1. The first kappa shape index (κ1) is 14.3. The molecule has 112 valence electrons. The maximum atomic E-state index is 13.0. The molecule has 0 aliphatic heterocycles. The fourth-order valence-electron chi connectivity index (χ4n) is 2.77. The van der Waals surface area contributed by atoms with Gasteiger partial charge in [0.15, 0.2) is 5.82 Å². The van der Waals surface area contributed by atoms with Crippen LogP contribution in [0.1, 0.15) is 16.7 Å². The number of aromatic nitrogens is 3. The third kappa shape index (κ3) is 2.35. The molecule has 0 aliphatic carbocycles. The Balaban J connectivity index is 2.14. The maximum absolute atomic E-state index is 13.0. The van der Waals surface area contributed by atoms with Crippen LogP contribution in [0, 0.1) is 26.6 Å². The van der Waals surface area contributed by atoms with Crippen molar-refractivity contribution in [1.29, 1.82) is 0 Å². The van der Waals surface area contributed by atoms with Crippen molar-refractivity contribution in [2.24, 2.45) is 0 Å². The molecular formula is C17H17FN4. The summed E-state index contributed by atoms with van der Waals surface area (Å²) < 4.78 is 14.7. The van der Waals surface area contributed by atoms with Crippen molar-refractivity contribution in [3.8, 4) is 16.9 Å². The summed E-state index contributed by atoms with van der Waals surface area (Å²) in [6.07, 6.45) is 0. The van der Waals surface area contributed by atoms with Gasteiger partial charge in [-0.15, -0.1) is 5.10 Å². The lowest BCUT2D eigenvalue weighted by Crippen LogP contribution is -2.06. The van der Waals surface area contributed by atoms with E-state index in [-0.39, 0.29) is 5.82 Å². The summed E-state index contributed by atoms with van der Waals surface area (Å²) in [5.74, 6) is 0.154. The molecular weight excluding hydrogens is 279 g/mol. The number of nitrogens with zero attached hydrogens (tertiary/aromatic N) is 3. The Morgan fingerprint density at radius 3 is 2.18 bits per heavy atom. The van der Waals surface area contributed by atoms with E-state index in [0.717, 1.165) is 22.4 Å².